The van der Waals surface area contributed by atoms with Crippen LogP contribution >= 0.6 is 11.8 Å². The van der Waals surface area contributed by atoms with Crippen LogP contribution in [0.4, 0.5) is 0 Å². The van der Waals surface area contributed by atoms with Crippen LogP contribution in [0.1, 0.15) is 33.1 Å². The molecule has 0 N–H and O–H groups in total. The second kappa shape index (κ2) is 5.66. The summed E-state index contributed by atoms with van der Waals surface area (Å²) in [5.74, 6) is 1.33. The van der Waals surface area contributed by atoms with Crippen molar-refractivity contribution in [2.45, 2.75) is 44.5 Å². The normalized spacial score (nSPS) is 24.6. The highest BCUT2D eigenvalue weighted by molar-refractivity contribution is 8.00. The standard InChI is InChI=1S/C10H18O2S/c1-3-10(11)8(2)13-7-9-5-4-6-12-9/h8-9H,3-7H2,1-2H3. The molecule has 2 nitrogen and oxygen atoms in total. The zero-order valence-electron chi connectivity index (χ0n) is 8.41. The summed E-state index contributed by atoms with van der Waals surface area (Å²) in [6.07, 6.45) is 3.40. The van der Waals surface area contributed by atoms with Crippen molar-refractivity contribution in [3.63, 3.8) is 0 Å². The van der Waals surface area contributed by atoms with Gasteiger partial charge in [0.1, 0.15) is 5.78 Å². The average molecular weight is 202 g/mol. The van der Waals surface area contributed by atoms with E-state index in [1.54, 1.807) is 11.8 Å². The third-order valence-corrected chi connectivity index (χ3v) is 3.69. The van der Waals surface area contributed by atoms with Crippen LogP contribution in [-0.4, -0.2) is 29.5 Å². The van der Waals surface area contributed by atoms with Gasteiger partial charge in [-0.05, 0) is 19.8 Å². The molecule has 2 unspecified atom stereocenters. The second-order valence-corrected chi connectivity index (χ2v) is 4.80. The Bertz CT molecular complexity index is 164. The number of ketones is 1. The topological polar surface area (TPSA) is 26.3 Å². The van der Waals surface area contributed by atoms with Gasteiger partial charge in [-0.15, -0.1) is 11.8 Å². The van der Waals surface area contributed by atoms with Gasteiger partial charge in [-0.3, -0.25) is 4.79 Å². The largest absolute Gasteiger partial charge is 0.377 e. The van der Waals surface area contributed by atoms with Crippen molar-refractivity contribution in [1.29, 1.82) is 0 Å². The first-order valence-corrected chi connectivity index (χ1v) is 6.04. The first kappa shape index (κ1) is 11.1. The molecule has 76 valence electrons. The molecule has 1 rings (SSSR count). The smallest absolute Gasteiger partial charge is 0.145 e. The van der Waals surface area contributed by atoms with E-state index < -0.39 is 0 Å². The Kier molecular flexibility index (Phi) is 4.81. The zero-order valence-corrected chi connectivity index (χ0v) is 9.23. The Labute approximate surface area is 84.4 Å². The Balaban J connectivity index is 2.13. The van der Waals surface area contributed by atoms with Crippen LogP contribution < -0.4 is 0 Å². The molecule has 0 aromatic carbocycles. The molecule has 0 aromatic rings. The molecule has 0 bridgehead atoms. The van der Waals surface area contributed by atoms with Gasteiger partial charge in [0.2, 0.25) is 0 Å². The number of carbonyl (C=O) groups is 1. The van der Waals surface area contributed by atoms with Crippen LogP contribution in [0.25, 0.3) is 0 Å². The minimum absolute atomic E-state index is 0.147. The Hall–Kier alpha value is -0.0200. The van der Waals surface area contributed by atoms with Gasteiger partial charge in [0.05, 0.1) is 11.4 Å². The summed E-state index contributed by atoms with van der Waals surface area (Å²) < 4.78 is 5.48. The lowest BCUT2D eigenvalue weighted by molar-refractivity contribution is -0.117. The first-order chi connectivity index (χ1) is 6.24. The van der Waals surface area contributed by atoms with Gasteiger partial charge < -0.3 is 4.74 Å². The lowest BCUT2D eigenvalue weighted by atomic mass is 10.2. The molecule has 0 radical (unpaired) electrons. The van der Waals surface area contributed by atoms with Crippen molar-refractivity contribution in [1.82, 2.24) is 0 Å². The predicted octanol–water partition coefficient (Wildman–Crippen LogP) is 2.27. The Morgan fingerprint density at radius 2 is 2.46 bits per heavy atom. The summed E-state index contributed by atoms with van der Waals surface area (Å²) in [5.41, 5.74) is 0. The minimum Gasteiger partial charge on any atom is -0.377 e. The van der Waals surface area contributed by atoms with Crippen LogP contribution in [-0.2, 0) is 9.53 Å². The third-order valence-electron chi connectivity index (χ3n) is 2.36. The number of carbonyl (C=O) groups excluding carboxylic acids is 1. The fourth-order valence-corrected chi connectivity index (χ4v) is 2.53. The van der Waals surface area contributed by atoms with E-state index in [-0.39, 0.29) is 5.25 Å². The van der Waals surface area contributed by atoms with Gasteiger partial charge in [-0.25, -0.2) is 0 Å². The maximum Gasteiger partial charge on any atom is 0.145 e. The number of thioether (sulfide) groups is 1. The maximum absolute atomic E-state index is 11.3. The molecule has 0 spiro atoms. The molecule has 1 fully saturated rings. The quantitative estimate of drug-likeness (QED) is 0.684. The van der Waals surface area contributed by atoms with Crippen molar-refractivity contribution >= 4 is 17.5 Å². The molecule has 1 heterocycles. The van der Waals surface area contributed by atoms with E-state index in [0.29, 0.717) is 18.3 Å². The van der Waals surface area contributed by atoms with Gasteiger partial charge in [0, 0.05) is 18.8 Å². The van der Waals surface area contributed by atoms with Crippen molar-refractivity contribution in [2.75, 3.05) is 12.4 Å². The van der Waals surface area contributed by atoms with Crippen molar-refractivity contribution in [3.05, 3.63) is 0 Å². The van der Waals surface area contributed by atoms with Gasteiger partial charge in [-0.1, -0.05) is 6.92 Å². The summed E-state index contributed by atoms with van der Waals surface area (Å²) in [6.45, 7) is 4.82. The SMILES string of the molecule is CCC(=O)C(C)SCC1CCCO1. The van der Waals surface area contributed by atoms with Crippen molar-refractivity contribution in [3.8, 4) is 0 Å². The molecule has 2 atom stereocenters. The van der Waals surface area contributed by atoms with Crippen LogP contribution in [0.2, 0.25) is 0 Å². The second-order valence-electron chi connectivity index (χ2n) is 3.43. The van der Waals surface area contributed by atoms with Gasteiger partial charge in [0.25, 0.3) is 0 Å². The highest BCUT2D eigenvalue weighted by Gasteiger charge is 2.18. The summed E-state index contributed by atoms with van der Waals surface area (Å²) in [5, 5.41) is 0.147. The monoisotopic (exact) mass is 202 g/mol. The number of hydrogen-bond donors (Lipinski definition) is 0. The molecule has 13 heavy (non-hydrogen) atoms. The lowest BCUT2D eigenvalue weighted by Gasteiger charge is -2.12. The summed E-state index contributed by atoms with van der Waals surface area (Å²) in [6, 6.07) is 0. The lowest BCUT2D eigenvalue weighted by Crippen LogP contribution is -2.16. The molecule has 1 saturated heterocycles. The number of ether oxygens (including phenoxy) is 1. The van der Waals surface area contributed by atoms with Crippen molar-refractivity contribution < 1.29 is 9.53 Å². The van der Waals surface area contributed by atoms with Gasteiger partial charge >= 0.3 is 0 Å². The summed E-state index contributed by atoms with van der Waals surface area (Å²) in [4.78, 5) is 11.3. The van der Waals surface area contributed by atoms with E-state index >= 15 is 0 Å². The summed E-state index contributed by atoms with van der Waals surface area (Å²) >= 11 is 1.73. The van der Waals surface area contributed by atoms with Crippen molar-refractivity contribution in [2.24, 2.45) is 0 Å². The molecular weight excluding hydrogens is 184 g/mol. The van der Waals surface area contributed by atoms with Crippen LogP contribution in [0.15, 0.2) is 0 Å². The Morgan fingerprint density at radius 1 is 1.69 bits per heavy atom. The van der Waals surface area contributed by atoms with E-state index in [1.165, 1.54) is 12.8 Å². The number of Topliss-reactive ketones (excluding diaryl/α,β-unsaturated/α-hetero) is 1. The maximum atomic E-state index is 11.3. The van der Waals surface area contributed by atoms with E-state index in [9.17, 15) is 4.79 Å². The first-order valence-electron chi connectivity index (χ1n) is 5.00. The molecule has 3 heteroatoms. The zero-order chi connectivity index (χ0) is 9.68. The van der Waals surface area contributed by atoms with E-state index in [2.05, 4.69) is 0 Å². The fraction of sp³-hybridized carbons (Fsp3) is 0.900. The molecule has 0 aromatic heterocycles. The molecule has 0 aliphatic carbocycles. The number of hydrogen-bond acceptors (Lipinski definition) is 3. The molecule has 0 saturated carbocycles. The predicted molar refractivity (Wildman–Crippen MR) is 56.2 cm³/mol. The van der Waals surface area contributed by atoms with E-state index in [4.69, 9.17) is 4.74 Å². The summed E-state index contributed by atoms with van der Waals surface area (Å²) in [7, 11) is 0. The van der Waals surface area contributed by atoms with Crippen LogP contribution in [0.5, 0.6) is 0 Å². The highest BCUT2D eigenvalue weighted by atomic mass is 32.2. The van der Waals surface area contributed by atoms with E-state index in [1.807, 2.05) is 13.8 Å². The Morgan fingerprint density at radius 3 is 3.00 bits per heavy atom. The molecule has 0 amide bonds. The molecule has 1 aliphatic heterocycles. The third kappa shape index (κ3) is 3.69. The molecule has 1 aliphatic rings. The number of rotatable bonds is 5. The van der Waals surface area contributed by atoms with Gasteiger partial charge in [0.15, 0.2) is 0 Å². The highest BCUT2D eigenvalue weighted by Crippen LogP contribution is 2.20. The van der Waals surface area contributed by atoms with E-state index in [0.717, 1.165) is 12.4 Å². The van der Waals surface area contributed by atoms with Crippen LogP contribution in [0, 0.1) is 0 Å². The average Bonchev–Trinajstić information content (AvgIpc) is 2.65. The van der Waals surface area contributed by atoms with Crippen LogP contribution in [0.3, 0.4) is 0 Å². The van der Waals surface area contributed by atoms with Gasteiger partial charge in [-0.2, -0.15) is 0 Å². The fourth-order valence-electron chi connectivity index (χ4n) is 1.41. The molecular formula is C10H18O2S. The minimum atomic E-state index is 0.147.